The van der Waals surface area contributed by atoms with Gasteiger partial charge >= 0.3 is 5.97 Å². The van der Waals surface area contributed by atoms with Crippen molar-refractivity contribution < 1.29 is 14.3 Å². The summed E-state index contributed by atoms with van der Waals surface area (Å²) < 4.78 is 15.6. The molecule has 1 aliphatic rings. The zero-order valence-electron chi connectivity index (χ0n) is 28.5. The number of thioether (sulfide) groups is 1. The first-order valence-corrected chi connectivity index (χ1v) is 18.7. The van der Waals surface area contributed by atoms with E-state index in [1.54, 1.807) is 23.3 Å². The summed E-state index contributed by atoms with van der Waals surface area (Å²) >= 11 is 2.92. The van der Waals surface area contributed by atoms with E-state index in [1.807, 2.05) is 132 Å². The molecule has 0 fully saturated rings. The molecular formula is C41H36N4O4S2. The van der Waals surface area contributed by atoms with Crippen LogP contribution in [0, 0.1) is 0 Å². The van der Waals surface area contributed by atoms with Crippen LogP contribution < -0.4 is 19.6 Å². The van der Waals surface area contributed by atoms with Gasteiger partial charge in [-0.25, -0.2) is 14.5 Å². The number of hydrogen-bond donors (Lipinski definition) is 0. The van der Waals surface area contributed by atoms with Crippen molar-refractivity contribution in [3.05, 3.63) is 163 Å². The minimum absolute atomic E-state index is 0.110. The molecule has 4 aromatic carbocycles. The summed E-state index contributed by atoms with van der Waals surface area (Å²) in [6.45, 7) is 4.63. The van der Waals surface area contributed by atoms with Crippen LogP contribution in [0.2, 0.25) is 0 Å². The number of ether oxygens (including phenoxy) is 2. The van der Waals surface area contributed by atoms with E-state index in [1.165, 1.54) is 11.3 Å². The van der Waals surface area contributed by atoms with Gasteiger partial charge in [0.15, 0.2) is 4.80 Å². The van der Waals surface area contributed by atoms with Crippen LogP contribution in [-0.2, 0) is 16.1 Å². The second-order valence-electron chi connectivity index (χ2n) is 12.0. The Morgan fingerprint density at radius 1 is 0.941 bits per heavy atom. The standard InChI is InChI=1S/C41H36N4O4S2/c1-4-23-48-33-19-15-29(16-20-33)37-31(25-44(43-37)32-13-9-6-10-14-32)24-35-39(46)45-38(30-17-21-34(50-3)22-18-30)36(27(2)42-41(45)51-35)40(47)49-26-28-11-7-5-8-12-28/h5-22,24-25,38H,4,23,26H2,1-3H3. The van der Waals surface area contributed by atoms with Crippen molar-refractivity contribution in [2.45, 2.75) is 37.8 Å². The third-order valence-corrected chi connectivity index (χ3v) is 10.3. The third kappa shape index (κ3) is 7.24. The number of hydrogen-bond acceptors (Lipinski definition) is 8. The Morgan fingerprint density at radius 2 is 1.65 bits per heavy atom. The first kappa shape index (κ1) is 34.0. The zero-order chi connectivity index (χ0) is 35.3. The Kier molecular flexibility index (Phi) is 10.1. The van der Waals surface area contributed by atoms with Crippen molar-refractivity contribution in [1.82, 2.24) is 14.3 Å². The molecule has 6 aromatic rings. The lowest BCUT2D eigenvalue weighted by Gasteiger charge is -2.25. The Bertz CT molecular complexity index is 2380. The van der Waals surface area contributed by atoms with Gasteiger partial charge in [0.25, 0.3) is 5.56 Å². The van der Waals surface area contributed by atoms with E-state index in [-0.39, 0.29) is 12.2 Å². The van der Waals surface area contributed by atoms with Crippen LogP contribution in [0.15, 0.2) is 141 Å². The van der Waals surface area contributed by atoms with Crippen molar-refractivity contribution in [2.24, 2.45) is 4.99 Å². The maximum absolute atomic E-state index is 14.5. The number of rotatable bonds is 11. The summed E-state index contributed by atoms with van der Waals surface area (Å²) in [6, 6.07) is 34.5. The fourth-order valence-corrected chi connectivity index (χ4v) is 7.43. The van der Waals surface area contributed by atoms with Gasteiger partial charge in [-0.2, -0.15) is 5.10 Å². The Morgan fingerprint density at radius 3 is 2.33 bits per heavy atom. The van der Waals surface area contributed by atoms with Crippen molar-refractivity contribution in [3.63, 3.8) is 0 Å². The summed E-state index contributed by atoms with van der Waals surface area (Å²) in [6.07, 6.45) is 6.73. The number of nitrogens with zero attached hydrogens (tertiary/aromatic N) is 4. The molecule has 1 atom stereocenters. The molecule has 10 heteroatoms. The Hall–Kier alpha value is -5.45. The summed E-state index contributed by atoms with van der Waals surface area (Å²) in [4.78, 5) is 34.7. The van der Waals surface area contributed by atoms with Crippen LogP contribution in [0.1, 0.15) is 43.0 Å². The Balaban J connectivity index is 1.34. The average molecular weight is 713 g/mol. The molecule has 0 saturated heterocycles. The molecule has 1 unspecified atom stereocenters. The summed E-state index contributed by atoms with van der Waals surface area (Å²) in [5.41, 5.74) is 5.54. The summed E-state index contributed by atoms with van der Waals surface area (Å²) in [7, 11) is 0. The molecule has 1 aliphatic heterocycles. The molecule has 51 heavy (non-hydrogen) atoms. The van der Waals surface area contributed by atoms with Gasteiger partial charge in [0.05, 0.1) is 34.1 Å². The van der Waals surface area contributed by atoms with Gasteiger partial charge in [0, 0.05) is 22.2 Å². The fraction of sp³-hybridized carbons (Fsp3) is 0.171. The predicted molar refractivity (Wildman–Crippen MR) is 203 cm³/mol. The minimum atomic E-state index is -0.718. The number of esters is 1. The van der Waals surface area contributed by atoms with Gasteiger partial charge in [0.1, 0.15) is 18.1 Å². The molecule has 0 spiro atoms. The van der Waals surface area contributed by atoms with Gasteiger partial charge in [-0.1, -0.05) is 78.9 Å². The van der Waals surface area contributed by atoms with Crippen LogP contribution in [0.3, 0.4) is 0 Å². The minimum Gasteiger partial charge on any atom is -0.494 e. The quantitative estimate of drug-likeness (QED) is 0.103. The second kappa shape index (κ2) is 15.2. The van der Waals surface area contributed by atoms with Crippen LogP contribution in [0.4, 0.5) is 0 Å². The summed E-state index contributed by atoms with van der Waals surface area (Å²) in [5.74, 6) is 0.281. The monoisotopic (exact) mass is 712 g/mol. The largest absolute Gasteiger partial charge is 0.494 e. The molecule has 0 amide bonds. The van der Waals surface area contributed by atoms with E-state index in [2.05, 4.69) is 6.92 Å². The van der Waals surface area contributed by atoms with Crippen LogP contribution in [-0.4, -0.2) is 33.2 Å². The molecule has 0 N–H and O–H groups in total. The molecule has 8 nitrogen and oxygen atoms in total. The number of carbonyl (C=O) groups is 1. The number of benzene rings is 4. The number of allylic oxidation sites excluding steroid dienone is 1. The predicted octanol–water partition coefficient (Wildman–Crippen LogP) is 7.34. The maximum Gasteiger partial charge on any atom is 0.338 e. The van der Waals surface area contributed by atoms with Gasteiger partial charge in [-0.3, -0.25) is 9.36 Å². The number of thiazole rings is 1. The van der Waals surface area contributed by atoms with Crippen molar-refractivity contribution in [1.29, 1.82) is 0 Å². The fourth-order valence-electron chi connectivity index (χ4n) is 5.99. The van der Waals surface area contributed by atoms with E-state index in [0.717, 1.165) is 50.7 Å². The molecule has 256 valence electrons. The van der Waals surface area contributed by atoms with Crippen LogP contribution in [0.25, 0.3) is 23.0 Å². The highest BCUT2D eigenvalue weighted by Crippen LogP contribution is 2.32. The highest BCUT2D eigenvalue weighted by Gasteiger charge is 2.33. The van der Waals surface area contributed by atoms with Gasteiger partial charge in [-0.05, 0) is 85.3 Å². The van der Waals surface area contributed by atoms with Crippen LogP contribution in [0.5, 0.6) is 5.75 Å². The summed E-state index contributed by atoms with van der Waals surface area (Å²) in [5, 5.41) is 4.97. The number of aromatic nitrogens is 3. The van der Waals surface area contributed by atoms with E-state index < -0.39 is 12.0 Å². The van der Waals surface area contributed by atoms with E-state index in [9.17, 15) is 9.59 Å². The molecule has 0 radical (unpaired) electrons. The van der Waals surface area contributed by atoms with Crippen molar-refractivity contribution >= 4 is 35.1 Å². The van der Waals surface area contributed by atoms with Crippen molar-refractivity contribution in [2.75, 3.05) is 12.9 Å². The molecule has 0 aliphatic carbocycles. The van der Waals surface area contributed by atoms with Gasteiger partial charge in [0.2, 0.25) is 0 Å². The lowest BCUT2D eigenvalue weighted by Crippen LogP contribution is -2.39. The van der Waals surface area contributed by atoms with E-state index >= 15 is 0 Å². The normalized spacial score (nSPS) is 14.3. The molecule has 0 bridgehead atoms. The van der Waals surface area contributed by atoms with Gasteiger partial charge in [-0.15, -0.1) is 11.8 Å². The highest BCUT2D eigenvalue weighted by molar-refractivity contribution is 7.98. The molecular weight excluding hydrogens is 677 g/mol. The van der Waals surface area contributed by atoms with E-state index in [4.69, 9.17) is 19.6 Å². The lowest BCUT2D eigenvalue weighted by molar-refractivity contribution is -0.140. The zero-order valence-corrected chi connectivity index (χ0v) is 30.1. The van der Waals surface area contributed by atoms with Crippen molar-refractivity contribution in [3.8, 4) is 22.7 Å². The lowest BCUT2D eigenvalue weighted by atomic mass is 9.96. The topological polar surface area (TPSA) is 87.7 Å². The first-order valence-electron chi connectivity index (χ1n) is 16.7. The molecule has 7 rings (SSSR count). The van der Waals surface area contributed by atoms with Crippen LogP contribution >= 0.6 is 23.1 Å². The molecule has 0 saturated carbocycles. The van der Waals surface area contributed by atoms with E-state index in [0.29, 0.717) is 27.2 Å². The van der Waals surface area contributed by atoms with Gasteiger partial charge < -0.3 is 9.47 Å². The first-order chi connectivity index (χ1) is 24.9. The second-order valence-corrected chi connectivity index (χ2v) is 13.9. The highest BCUT2D eigenvalue weighted by atomic mass is 32.2. The Labute approximate surface area is 304 Å². The number of para-hydroxylation sites is 1. The SMILES string of the molecule is CCCOc1ccc(-c2nn(-c3ccccc3)cc2C=c2sc3n(c2=O)C(c2ccc(SC)cc2)C(C(=O)OCc2ccccc2)=C(C)N=3)cc1. The smallest absolute Gasteiger partial charge is 0.338 e. The maximum atomic E-state index is 14.5. The number of fused-ring (bicyclic) bond motifs is 1. The molecule has 2 aromatic heterocycles. The third-order valence-electron chi connectivity index (χ3n) is 8.54. The number of carbonyl (C=O) groups excluding carboxylic acids is 1. The average Bonchev–Trinajstić information content (AvgIpc) is 3.73. The molecule has 3 heterocycles.